The molecule has 0 radical (unpaired) electrons. The number of methoxy groups -OCH3 is 1. The Balaban J connectivity index is 2.47. The van der Waals surface area contributed by atoms with Crippen LogP contribution in [0.1, 0.15) is 43.4 Å². The summed E-state index contributed by atoms with van der Waals surface area (Å²) >= 11 is 0. The number of hydrogen-bond donors (Lipinski definition) is 2. The Morgan fingerprint density at radius 1 is 1.42 bits per heavy atom. The van der Waals surface area contributed by atoms with E-state index in [0.29, 0.717) is 17.5 Å². The topological polar surface area (TPSA) is 76.0 Å². The molecule has 1 aliphatic rings. The molecule has 1 heterocycles. The molecule has 0 fully saturated rings. The molecule has 1 aliphatic heterocycles. The molecule has 2 rings (SSSR count). The number of carbonyl (C=O) groups excluding carboxylic acids is 1. The monoisotopic (exact) mass is 266 g/mol. The molecule has 2 N–H and O–H groups in total. The molecule has 1 unspecified atom stereocenters. The van der Waals surface area contributed by atoms with Crippen molar-refractivity contribution in [1.29, 1.82) is 0 Å². The van der Waals surface area contributed by atoms with Crippen molar-refractivity contribution in [3.63, 3.8) is 0 Å². The first-order chi connectivity index (χ1) is 9.08. The van der Waals surface area contributed by atoms with Gasteiger partial charge in [-0.2, -0.15) is 0 Å². The van der Waals surface area contributed by atoms with Gasteiger partial charge in [0.1, 0.15) is 6.10 Å². The third-order valence-corrected chi connectivity index (χ3v) is 3.33. The van der Waals surface area contributed by atoms with Crippen LogP contribution in [0.25, 0.3) is 0 Å². The van der Waals surface area contributed by atoms with Gasteiger partial charge in [-0.25, -0.2) is 0 Å². The third-order valence-electron chi connectivity index (χ3n) is 3.33. The van der Waals surface area contributed by atoms with Crippen molar-refractivity contribution in [3.8, 4) is 17.2 Å². The van der Waals surface area contributed by atoms with E-state index in [2.05, 4.69) is 0 Å². The van der Waals surface area contributed by atoms with Gasteiger partial charge >= 0.3 is 5.97 Å². The standard InChI is InChI=1S/C14H18O5/c1-3-4-5-9-12-8(7-11(15)19-9)6-10(18-2)13(16)14(12)17/h6,9,16-17H,3-5,7H2,1-2H3. The number of ether oxygens (including phenoxy) is 2. The number of phenols is 2. The van der Waals surface area contributed by atoms with E-state index >= 15 is 0 Å². The van der Waals surface area contributed by atoms with Crippen LogP contribution in [0.2, 0.25) is 0 Å². The maximum Gasteiger partial charge on any atom is 0.310 e. The Bertz CT molecular complexity index is 495. The van der Waals surface area contributed by atoms with Crippen LogP contribution >= 0.6 is 0 Å². The van der Waals surface area contributed by atoms with Crippen LogP contribution < -0.4 is 4.74 Å². The van der Waals surface area contributed by atoms with Gasteiger partial charge in [-0.05, 0) is 24.5 Å². The predicted octanol–water partition coefficient (Wildman–Crippen LogP) is 2.44. The lowest BCUT2D eigenvalue weighted by Gasteiger charge is -2.27. The highest BCUT2D eigenvalue weighted by Gasteiger charge is 2.31. The molecule has 1 atom stereocenters. The first-order valence-electron chi connectivity index (χ1n) is 6.39. The van der Waals surface area contributed by atoms with E-state index in [-0.39, 0.29) is 29.6 Å². The molecule has 0 spiro atoms. The summed E-state index contributed by atoms with van der Waals surface area (Å²) in [5.74, 6) is -0.704. The number of fused-ring (bicyclic) bond motifs is 1. The minimum Gasteiger partial charge on any atom is -0.504 e. The second kappa shape index (κ2) is 5.38. The second-order valence-corrected chi connectivity index (χ2v) is 4.65. The summed E-state index contributed by atoms with van der Waals surface area (Å²) in [6.07, 6.45) is 2.07. The molecule has 0 saturated heterocycles. The maximum atomic E-state index is 11.6. The summed E-state index contributed by atoms with van der Waals surface area (Å²) in [5, 5.41) is 19.9. The second-order valence-electron chi connectivity index (χ2n) is 4.65. The van der Waals surface area contributed by atoms with Gasteiger partial charge < -0.3 is 19.7 Å². The highest BCUT2D eigenvalue weighted by atomic mass is 16.5. The van der Waals surface area contributed by atoms with Gasteiger partial charge in [-0.15, -0.1) is 0 Å². The van der Waals surface area contributed by atoms with Gasteiger partial charge in [0.2, 0.25) is 5.75 Å². The van der Waals surface area contributed by atoms with Crippen molar-refractivity contribution in [2.45, 2.75) is 38.7 Å². The minimum absolute atomic E-state index is 0.0855. The molecule has 104 valence electrons. The fourth-order valence-electron chi connectivity index (χ4n) is 2.37. The van der Waals surface area contributed by atoms with Gasteiger partial charge in [-0.1, -0.05) is 13.3 Å². The molecule has 0 aromatic heterocycles. The first-order valence-corrected chi connectivity index (χ1v) is 6.39. The largest absolute Gasteiger partial charge is 0.504 e. The lowest BCUT2D eigenvalue weighted by atomic mass is 9.92. The summed E-state index contributed by atoms with van der Waals surface area (Å²) in [5.41, 5.74) is 1.16. The van der Waals surface area contributed by atoms with E-state index < -0.39 is 6.10 Å². The molecule has 0 saturated carbocycles. The highest BCUT2D eigenvalue weighted by Crippen LogP contribution is 2.46. The number of carbonyl (C=O) groups is 1. The summed E-state index contributed by atoms with van der Waals surface area (Å²) < 4.78 is 10.3. The molecular weight excluding hydrogens is 248 g/mol. The zero-order valence-corrected chi connectivity index (χ0v) is 11.1. The van der Waals surface area contributed by atoms with E-state index in [1.54, 1.807) is 6.07 Å². The molecule has 1 aromatic carbocycles. The summed E-state index contributed by atoms with van der Waals surface area (Å²) in [4.78, 5) is 11.6. The average molecular weight is 266 g/mol. The molecule has 0 bridgehead atoms. The van der Waals surface area contributed by atoms with Crippen LogP contribution in [-0.2, 0) is 16.0 Å². The van der Waals surface area contributed by atoms with Gasteiger partial charge in [-0.3, -0.25) is 4.79 Å². The number of aromatic hydroxyl groups is 2. The van der Waals surface area contributed by atoms with Crippen LogP contribution in [0.4, 0.5) is 0 Å². The minimum atomic E-state index is -0.493. The van der Waals surface area contributed by atoms with Gasteiger partial charge in [0.05, 0.1) is 13.5 Å². The lowest BCUT2D eigenvalue weighted by Crippen LogP contribution is -2.21. The van der Waals surface area contributed by atoms with Crippen LogP contribution in [-0.4, -0.2) is 23.3 Å². The third kappa shape index (κ3) is 2.45. The Morgan fingerprint density at radius 3 is 2.79 bits per heavy atom. The Kier molecular flexibility index (Phi) is 3.83. The average Bonchev–Trinajstić information content (AvgIpc) is 2.39. The van der Waals surface area contributed by atoms with Crippen LogP contribution in [0.3, 0.4) is 0 Å². The SMILES string of the molecule is CCCCC1OC(=O)Cc2cc(OC)c(O)c(O)c21. The van der Waals surface area contributed by atoms with Crippen LogP contribution in [0.15, 0.2) is 6.07 Å². The fraction of sp³-hybridized carbons (Fsp3) is 0.500. The summed E-state index contributed by atoms with van der Waals surface area (Å²) in [6.45, 7) is 2.04. The number of hydrogen-bond acceptors (Lipinski definition) is 5. The zero-order valence-electron chi connectivity index (χ0n) is 11.1. The van der Waals surface area contributed by atoms with E-state index in [1.807, 2.05) is 6.92 Å². The Hall–Kier alpha value is -1.91. The van der Waals surface area contributed by atoms with Crippen molar-refractivity contribution in [1.82, 2.24) is 0 Å². The van der Waals surface area contributed by atoms with E-state index in [1.165, 1.54) is 7.11 Å². The number of cyclic esters (lactones) is 1. The van der Waals surface area contributed by atoms with Crippen LogP contribution in [0.5, 0.6) is 17.2 Å². The number of unbranched alkanes of at least 4 members (excludes halogenated alkanes) is 1. The number of benzene rings is 1. The maximum absolute atomic E-state index is 11.6. The van der Waals surface area contributed by atoms with E-state index in [9.17, 15) is 15.0 Å². The Labute approximate surface area is 111 Å². The first kappa shape index (κ1) is 13.5. The lowest BCUT2D eigenvalue weighted by molar-refractivity contribution is -0.150. The van der Waals surface area contributed by atoms with Crippen LogP contribution in [0, 0.1) is 0 Å². The number of rotatable bonds is 4. The molecule has 19 heavy (non-hydrogen) atoms. The van der Waals surface area contributed by atoms with E-state index in [0.717, 1.165) is 12.8 Å². The molecule has 5 heteroatoms. The van der Waals surface area contributed by atoms with Gasteiger partial charge in [0.15, 0.2) is 11.5 Å². The number of esters is 1. The summed E-state index contributed by atoms with van der Waals surface area (Å²) in [6, 6.07) is 1.59. The predicted molar refractivity (Wildman–Crippen MR) is 68.4 cm³/mol. The Morgan fingerprint density at radius 2 is 2.16 bits per heavy atom. The number of phenolic OH excluding ortho intramolecular Hbond substituents is 2. The van der Waals surface area contributed by atoms with Crippen molar-refractivity contribution in [2.24, 2.45) is 0 Å². The summed E-state index contributed by atoms with van der Waals surface area (Å²) in [7, 11) is 1.40. The molecular formula is C14H18O5. The molecule has 0 amide bonds. The van der Waals surface area contributed by atoms with E-state index in [4.69, 9.17) is 9.47 Å². The quantitative estimate of drug-likeness (QED) is 0.646. The van der Waals surface area contributed by atoms with Gasteiger partial charge in [0.25, 0.3) is 0 Å². The van der Waals surface area contributed by atoms with Gasteiger partial charge in [0, 0.05) is 5.56 Å². The van der Waals surface area contributed by atoms with Crippen molar-refractivity contribution in [2.75, 3.05) is 7.11 Å². The van der Waals surface area contributed by atoms with Crippen molar-refractivity contribution >= 4 is 5.97 Å². The highest BCUT2D eigenvalue weighted by molar-refractivity contribution is 5.77. The molecule has 1 aromatic rings. The molecule has 0 aliphatic carbocycles. The smallest absolute Gasteiger partial charge is 0.310 e. The fourth-order valence-corrected chi connectivity index (χ4v) is 2.37. The normalized spacial score (nSPS) is 17.8. The van der Waals surface area contributed by atoms with Crippen molar-refractivity contribution in [3.05, 3.63) is 17.2 Å². The zero-order chi connectivity index (χ0) is 14.0. The molecule has 5 nitrogen and oxygen atoms in total. The van der Waals surface area contributed by atoms with Crippen molar-refractivity contribution < 1.29 is 24.5 Å².